The fourth-order valence-electron chi connectivity index (χ4n) is 4.18. The van der Waals surface area contributed by atoms with Crippen molar-refractivity contribution in [3.05, 3.63) is 65.7 Å². The highest BCUT2D eigenvalue weighted by molar-refractivity contribution is 5.79. The SMILES string of the molecule is CCCN(CCC)C(=O)CCCC(=O)N[C@@H](Cc1cccc(OC)c1)[C@H](O)CNCc1ccccc1. The van der Waals surface area contributed by atoms with E-state index in [1.807, 2.05) is 59.5 Å². The highest BCUT2D eigenvalue weighted by atomic mass is 16.5. The lowest BCUT2D eigenvalue weighted by Gasteiger charge is -2.25. The van der Waals surface area contributed by atoms with Crippen LogP contribution in [0, 0.1) is 0 Å². The summed E-state index contributed by atoms with van der Waals surface area (Å²) in [5, 5.41) is 17.3. The molecule has 0 unspecified atom stereocenters. The summed E-state index contributed by atoms with van der Waals surface area (Å²) < 4.78 is 5.32. The van der Waals surface area contributed by atoms with Crippen LogP contribution in [0.1, 0.15) is 57.1 Å². The van der Waals surface area contributed by atoms with Gasteiger partial charge in [-0.3, -0.25) is 9.59 Å². The number of rotatable bonds is 17. The van der Waals surface area contributed by atoms with Crippen molar-refractivity contribution in [1.82, 2.24) is 15.5 Å². The van der Waals surface area contributed by atoms with Crippen molar-refractivity contribution >= 4 is 11.8 Å². The second-order valence-electron chi connectivity index (χ2n) is 9.15. The fourth-order valence-corrected chi connectivity index (χ4v) is 4.18. The van der Waals surface area contributed by atoms with E-state index in [-0.39, 0.29) is 18.2 Å². The quantitative estimate of drug-likeness (QED) is 0.310. The van der Waals surface area contributed by atoms with Crippen molar-refractivity contribution in [2.24, 2.45) is 0 Å². The third kappa shape index (κ3) is 10.8. The summed E-state index contributed by atoms with van der Waals surface area (Å²) in [4.78, 5) is 27.2. The number of nitrogens with zero attached hydrogens (tertiary/aromatic N) is 1. The Balaban J connectivity index is 1.94. The maximum Gasteiger partial charge on any atom is 0.222 e. The zero-order valence-electron chi connectivity index (χ0n) is 22.0. The summed E-state index contributed by atoms with van der Waals surface area (Å²) in [6.45, 7) is 6.60. The molecule has 2 amide bonds. The van der Waals surface area contributed by atoms with Crippen LogP contribution in [0.15, 0.2) is 54.6 Å². The number of carbonyl (C=O) groups excluding carboxylic acids is 2. The van der Waals surface area contributed by atoms with Crippen molar-refractivity contribution in [3.8, 4) is 5.75 Å². The Morgan fingerprint density at radius 2 is 1.67 bits per heavy atom. The van der Waals surface area contributed by atoms with Crippen LogP contribution < -0.4 is 15.4 Å². The molecule has 0 radical (unpaired) electrons. The Kier molecular flexibility index (Phi) is 13.6. The number of aliphatic hydroxyl groups excluding tert-OH is 1. The van der Waals surface area contributed by atoms with Crippen molar-refractivity contribution < 1.29 is 19.4 Å². The average Bonchev–Trinajstić information content (AvgIpc) is 2.88. The highest BCUT2D eigenvalue weighted by Crippen LogP contribution is 2.15. The number of nitrogens with one attached hydrogen (secondary N) is 2. The molecule has 7 nitrogen and oxygen atoms in total. The van der Waals surface area contributed by atoms with Gasteiger partial charge in [0.2, 0.25) is 11.8 Å². The molecule has 2 rings (SSSR count). The van der Waals surface area contributed by atoms with Crippen LogP contribution in [0.3, 0.4) is 0 Å². The van der Waals surface area contributed by atoms with Crippen LogP contribution in [0.4, 0.5) is 0 Å². The molecule has 2 aromatic rings. The van der Waals surface area contributed by atoms with Gasteiger partial charge in [-0.1, -0.05) is 56.3 Å². The molecule has 2 aromatic carbocycles. The number of amides is 2. The zero-order chi connectivity index (χ0) is 26.2. The van der Waals surface area contributed by atoms with Crippen LogP contribution in [0.25, 0.3) is 0 Å². The third-order valence-corrected chi connectivity index (χ3v) is 6.06. The average molecular weight is 498 g/mol. The molecule has 0 aliphatic carbocycles. The molecule has 7 heteroatoms. The van der Waals surface area contributed by atoms with Crippen molar-refractivity contribution in [1.29, 1.82) is 0 Å². The van der Waals surface area contributed by atoms with Gasteiger partial charge in [0.25, 0.3) is 0 Å². The lowest BCUT2D eigenvalue weighted by Crippen LogP contribution is -2.48. The van der Waals surface area contributed by atoms with E-state index in [0.29, 0.717) is 32.4 Å². The van der Waals surface area contributed by atoms with E-state index >= 15 is 0 Å². The molecule has 0 spiro atoms. The largest absolute Gasteiger partial charge is 0.497 e. The minimum Gasteiger partial charge on any atom is -0.497 e. The molecule has 0 fully saturated rings. The smallest absolute Gasteiger partial charge is 0.222 e. The maximum atomic E-state index is 12.8. The normalized spacial score (nSPS) is 12.6. The molecular formula is C29H43N3O4. The minimum absolute atomic E-state index is 0.101. The van der Waals surface area contributed by atoms with E-state index in [0.717, 1.165) is 42.8 Å². The summed E-state index contributed by atoms with van der Waals surface area (Å²) in [6.07, 6.45) is 2.63. The molecule has 36 heavy (non-hydrogen) atoms. The molecule has 0 bridgehead atoms. The number of methoxy groups -OCH3 is 1. The molecule has 198 valence electrons. The summed E-state index contributed by atoms with van der Waals surface area (Å²) in [6, 6.07) is 17.1. The van der Waals surface area contributed by atoms with E-state index < -0.39 is 12.1 Å². The lowest BCUT2D eigenvalue weighted by atomic mass is 10.00. The second kappa shape index (κ2) is 16.7. The first-order valence-electron chi connectivity index (χ1n) is 13.1. The van der Waals surface area contributed by atoms with Gasteiger partial charge >= 0.3 is 0 Å². The van der Waals surface area contributed by atoms with E-state index in [1.54, 1.807) is 7.11 Å². The van der Waals surface area contributed by atoms with Gasteiger partial charge in [0.15, 0.2) is 0 Å². The Hall–Kier alpha value is -2.90. The second-order valence-corrected chi connectivity index (χ2v) is 9.15. The molecule has 0 aliphatic heterocycles. The number of carbonyl (C=O) groups is 2. The molecule has 0 aliphatic rings. The van der Waals surface area contributed by atoms with Gasteiger partial charge in [0.1, 0.15) is 5.75 Å². The van der Waals surface area contributed by atoms with Crippen molar-refractivity contribution in [3.63, 3.8) is 0 Å². The van der Waals surface area contributed by atoms with Gasteiger partial charge in [-0.2, -0.15) is 0 Å². The number of hydrogen-bond donors (Lipinski definition) is 3. The monoisotopic (exact) mass is 497 g/mol. The van der Waals surface area contributed by atoms with Gasteiger partial charge < -0.3 is 25.4 Å². The Bertz CT molecular complexity index is 900. The van der Waals surface area contributed by atoms with Crippen molar-refractivity contribution in [2.45, 2.75) is 71.1 Å². The molecule has 0 saturated heterocycles. The topological polar surface area (TPSA) is 90.9 Å². The third-order valence-electron chi connectivity index (χ3n) is 6.06. The highest BCUT2D eigenvalue weighted by Gasteiger charge is 2.22. The Morgan fingerprint density at radius 1 is 0.972 bits per heavy atom. The number of ether oxygens (including phenoxy) is 1. The van der Waals surface area contributed by atoms with Crippen LogP contribution in [0.2, 0.25) is 0 Å². The first-order valence-corrected chi connectivity index (χ1v) is 13.1. The van der Waals surface area contributed by atoms with Gasteiger partial charge in [0.05, 0.1) is 19.3 Å². The number of aliphatic hydroxyl groups is 1. The van der Waals surface area contributed by atoms with Gasteiger partial charge in [-0.25, -0.2) is 0 Å². The van der Waals surface area contributed by atoms with Gasteiger partial charge in [-0.15, -0.1) is 0 Å². The molecular weight excluding hydrogens is 454 g/mol. The summed E-state index contributed by atoms with van der Waals surface area (Å²) in [7, 11) is 1.62. The predicted molar refractivity (Wildman–Crippen MR) is 144 cm³/mol. The van der Waals surface area contributed by atoms with E-state index in [2.05, 4.69) is 24.5 Å². The first kappa shape index (κ1) is 29.3. The summed E-state index contributed by atoms with van der Waals surface area (Å²) >= 11 is 0. The number of hydrogen-bond acceptors (Lipinski definition) is 5. The van der Waals surface area contributed by atoms with Crippen LogP contribution in [0.5, 0.6) is 5.75 Å². The molecule has 3 N–H and O–H groups in total. The Morgan fingerprint density at radius 3 is 2.33 bits per heavy atom. The maximum absolute atomic E-state index is 12.8. The molecule has 0 aromatic heterocycles. The zero-order valence-corrected chi connectivity index (χ0v) is 22.0. The first-order chi connectivity index (χ1) is 17.5. The standard InChI is InChI=1S/C29H43N3O4/c1-4-17-32(18-5-2)29(35)16-10-15-28(34)31-26(20-24-13-9-14-25(19-24)36-3)27(33)22-30-21-23-11-7-6-8-12-23/h6-9,11-14,19,26-27,30,33H,4-5,10,15-18,20-22H2,1-3H3,(H,31,34)/t26-,27+/m0/s1. The Labute approximate surface area is 216 Å². The number of benzene rings is 2. The summed E-state index contributed by atoms with van der Waals surface area (Å²) in [5.74, 6) is 0.677. The fraction of sp³-hybridized carbons (Fsp3) is 0.517. The van der Waals surface area contributed by atoms with Crippen LogP contribution >= 0.6 is 0 Å². The van der Waals surface area contributed by atoms with Gasteiger partial charge in [0, 0.05) is 39.0 Å². The molecule has 0 heterocycles. The van der Waals surface area contributed by atoms with E-state index in [4.69, 9.17) is 4.74 Å². The lowest BCUT2D eigenvalue weighted by molar-refractivity contribution is -0.131. The van der Waals surface area contributed by atoms with Crippen LogP contribution in [-0.2, 0) is 22.6 Å². The van der Waals surface area contributed by atoms with Crippen LogP contribution in [-0.4, -0.2) is 60.7 Å². The predicted octanol–water partition coefficient (Wildman–Crippen LogP) is 3.69. The molecule has 0 saturated carbocycles. The summed E-state index contributed by atoms with van der Waals surface area (Å²) in [5.41, 5.74) is 2.09. The van der Waals surface area contributed by atoms with Crippen molar-refractivity contribution in [2.75, 3.05) is 26.7 Å². The van der Waals surface area contributed by atoms with E-state index in [9.17, 15) is 14.7 Å². The minimum atomic E-state index is -0.782. The van der Waals surface area contributed by atoms with E-state index in [1.165, 1.54) is 0 Å². The van der Waals surface area contributed by atoms with Gasteiger partial charge in [-0.05, 0) is 48.9 Å². The molecule has 2 atom stereocenters.